The number of carbonyl (C=O) groups is 1. The minimum absolute atomic E-state index is 0.0447. The van der Waals surface area contributed by atoms with Crippen LogP contribution in [0.25, 0.3) is 0 Å². The van der Waals surface area contributed by atoms with E-state index in [1.165, 1.54) is 0 Å². The van der Waals surface area contributed by atoms with Gasteiger partial charge in [-0.2, -0.15) is 0 Å². The standard InChI is InChI=1S/C10H21NO2/c1-7(2)13-9(12)8(3)11-10(4,5)6/h7-8,11H,1-6H3. The quantitative estimate of drug-likeness (QED) is 0.684. The van der Waals surface area contributed by atoms with Crippen molar-refractivity contribution < 1.29 is 9.53 Å². The van der Waals surface area contributed by atoms with Crippen LogP contribution in [0.5, 0.6) is 0 Å². The summed E-state index contributed by atoms with van der Waals surface area (Å²) in [7, 11) is 0. The average molecular weight is 187 g/mol. The molecule has 0 aliphatic rings. The maximum absolute atomic E-state index is 11.3. The van der Waals surface area contributed by atoms with E-state index in [-0.39, 0.29) is 23.7 Å². The van der Waals surface area contributed by atoms with Gasteiger partial charge in [-0.3, -0.25) is 10.1 Å². The number of hydrogen-bond donors (Lipinski definition) is 1. The summed E-state index contributed by atoms with van der Waals surface area (Å²) >= 11 is 0. The van der Waals surface area contributed by atoms with E-state index in [1.807, 2.05) is 41.5 Å². The Kier molecular flexibility index (Phi) is 4.40. The molecule has 1 N–H and O–H groups in total. The first-order chi connectivity index (χ1) is 5.72. The Balaban J connectivity index is 3.97. The van der Waals surface area contributed by atoms with Crippen LogP contribution in [-0.4, -0.2) is 23.7 Å². The van der Waals surface area contributed by atoms with E-state index in [9.17, 15) is 4.79 Å². The van der Waals surface area contributed by atoms with Crippen molar-refractivity contribution >= 4 is 5.97 Å². The summed E-state index contributed by atoms with van der Waals surface area (Å²) in [6, 6.07) is -0.248. The molecule has 0 bridgehead atoms. The fraction of sp³-hybridized carbons (Fsp3) is 0.900. The average Bonchev–Trinajstić information content (AvgIpc) is 1.81. The molecule has 0 fully saturated rings. The number of rotatable bonds is 3. The second-order valence-electron chi connectivity index (χ2n) is 4.60. The summed E-state index contributed by atoms with van der Waals surface area (Å²) in [5.74, 6) is -0.190. The monoisotopic (exact) mass is 187 g/mol. The Labute approximate surface area is 80.8 Å². The summed E-state index contributed by atoms with van der Waals surface area (Å²) in [6.07, 6.45) is -0.0447. The highest BCUT2D eigenvalue weighted by Crippen LogP contribution is 2.03. The predicted molar refractivity (Wildman–Crippen MR) is 53.6 cm³/mol. The number of hydrogen-bond acceptors (Lipinski definition) is 3. The van der Waals surface area contributed by atoms with Crippen LogP contribution < -0.4 is 5.32 Å². The van der Waals surface area contributed by atoms with Crippen LogP contribution in [-0.2, 0) is 9.53 Å². The number of nitrogens with one attached hydrogen (secondary N) is 1. The molecule has 0 amide bonds. The molecule has 0 aromatic carbocycles. The van der Waals surface area contributed by atoms with E-state index in [4.69, 9.17) is 4.74 Å². The maximum atomic E-state index is 11.3. The molecule has 0 saturated heterocycles. The van der Waals surface area contributed by atoms with E-state index < -0.39 is 0 Å². The summed E-state index contributed by atoms with van der Waals surface area (Å²) in [4.78, 5) is 11.3. The highest BCUT2D eigenvalue weighted by molar-refractivity contribution is 5.75. The lowest BCUT2D eigenvalue weighted by Gasteiger charge is -2.25. The molecule has 78 valence electrons. The van der Waals surface area contributed by atoms with Gasteiger partial charge in [-0.15, -0.1) is 0 Å². The molecule has 13 heavy (non-hydrogen) atoms. The molecule has 1 unspecified atom stereocenters. The summed E-state index contributed by atoms with van der Waals surface area (Å²) in [6.45, 7) is 11.6. The van der Waals surface area contributed by atoms with Crippen molar-refractivity contribution in [2.24, 2.45) is 0 Å². The van der Waals surface area contributed by atoms with Crippen molar-refractivity contribution in [3.05, 3.63) is 0 Å². The molecule has 0 radical (unpaired) electrons. The van der Waals surface area contributed by atoms with Crippen molar-refractivity contribution in [2.45, 2.75) is 59.2 Å². The summed E-state index contributed by atoms with van der Waals surface area (Å²) in [5.41, 5.74) is -0.0601. The second kappa shape index (κ2) is 4.61. The summed E-state index contributed by atoms with van der Waals surface area (Å²) in [5, 5.41) is 3.15. The van der Waals surface area contributed by atoms with Crippen LogP contribution in [0.1, 0.15) is 41.5 Å². The lowest BCUT2D eigenvalue weighted by molar-refractivity contribution is -0.150. The van der Waals surface area contributed by atoms with Gasteiger partial charge >= 0.3 is 5.97 Å². The number of ether oxygens (including phenoxy) is 1. The Morgan fingerprint density at radius 1 is 1.23 bits per heavy atom. The predicted octanol–water partition coefficient (Wildman–Crippen LogP) is 1.71. The van der Waals surface area contributed by atoms with E-state index in [0.29, 0.717) is 0 Å². The maximum Gasteiger partial charge on any atom is 0.323 e. The van der Waals surface area contributed by atoms with Gasteiger partial charge in [0.2, 0.25) is 0 Å². The van der Waals surface area contributed by atoms with Gasteiger partial charge in [0.05, 0.1) is 6.10 Å². The van der Waals surface area contributed by atoms with Crippen LogP contribution in [0, 0.1) is 0 Å². The Hall–Kier alpha value is -0.570. The minimum atomic E-state index is -0.248. The topological polar surface area (TPSA) is 38.3 Å². The van der Waals surface area contributed by atoms with E-state index >= 15 is 0 Å². The van der Waals surface area contributed by atoms with E-state index in [0.717, 1.165) is 0 Å². The van der Waals surface area contributed by atoms with E-state index in [2.05, 4.69) is 5.32 Å². The SMILES string of the molecule is CC(C)OC(=O)C(C)NC(C)(C)C. The van der Waals surface area contributed by atoms with Crippen molar-refractivity contribution in [1.82, 2.24) is 5.32 Å². The van der Waals surface area contributed by atoms with Crippen molar-refractivity contribution in [2.75, 3.05) is 0 Å². The van der Waals surface area contributed by atoms with E-state index in [1.54, 1.807) is 0 Å². The fourth-order valence-corrected chi connectivity index (χ4v) is 1.04. The van der Waals surface area contributed by atoms with Crippen molar-refractivity contribution in [3.8, 4) is 0 Å². The molecule has 0 heterocycles. The zero-order valence-electron chi connectivity index (χ0n) is 9.47. The molecule has 0 aliphatic carbocycles. The van der Waals surface area contributed by atoms with Crippen LogP contribution in [0.2, 0.25) is 0 Å². The van der Waals surface area contributed by atoms with Gasteiger partial charge < -0.3 is 4.74 Å². The lowest BCUT2D eigenvalue weighted by Crippen LogP contribution is -2.47. The van der Waals surface area contributed by atoms with Gasteiger partial charge in [0.1, 0.15) is 6.04 Å². The Bertz CT molecular complexity index is 170. The van der Waals surface area contributed by atoms with Gasteiger partial charge in [-0.05, 0) is 41.5 Å². The molecule has 0 aromatic heterocycles. The first-order valence-corrected chi connectivity index (χ1v) is 4.70. The lowest BCUT2D eigenvalue weighted by atomic mass is 10.1. The molecular formula is C10H21NO2. The second-order valence-corrected chi connectivity index (χ2v) is 4.60. The molecule has 3 heteroatoms. The molecule has 0 saturated carbocycles. The molecule has 0 aromatic rings. The van der Waals surface area contributed by atoms with Crippen LogP contribution >= 0.6 is 0 Å². The molecule has 1 atom stereocenters. The fourth-order valence-electron chi connectivity index (χ4n) is 1.04. The van der Waals surface area contributed by atoms with Crippen molar-refractivity contribution in [1.29, 1.82) is 0 Å². The zero-order chi connectivity index (χ0) is 10.6. The number of carbonyl (C=O) groups excluding carboxylic acids is 1. The molecule has 0 aliphatic heterocycles. The first kappa shape index (κ1) is 12.4. The highest BCUT2D eigenvalue weighted by Gasteiger charge is 2.20. The zero-order valence-corrected chi connectivity index (χ0v) is 9.47. The Morgan fingerprint density at radius 3 is 2.00 bits per heavy atom. The smallest absolute Gasteiger partial charge is 0.323 e. The third kappa shape index (κ3) is 6.58. The summed E-state index contributed by atoms with van der Waals surface area (Å²) < 4.78 is 5.06. The molecule has 0 spiro atoms. The van der Waals surface area contributed by atoms with Gasteiger partial charge in [0, 0.05) is 5.54 Å². The van der Waals surface area contributed by atoms with Gasteiger partial charge in [0.15, 0.2) is 0 Å². The normalized spacial score (nSPS) is 14.4. The molecular weight excluding hydrogens is 166 g/mol. The largest absolute Gasteiger partial charge is 0.462 e. The highest BCUT2D eigenvalue weighted by atomic mass is 16.5. The van der Waals surface area contributed by atoms with Crippen LogP contribution in [0.3, 0.4) is 0 Å². The third-order valence-electron chi connectivity index (χ3n) is 1.35. The Morgan fingerprint density at radius 2 is 1.69 bits per heavy atom. The first-order valence-electron chi connectivity index (χ1n) is 4.70. The van der Waals surface area contributed by atoms with Gasteiger partial charge in [-0.25, -0.2) is 0 Å². The van der Waals surface area contributed by atoms with Crippen molar-refractivity contribution in [3.63, 3.8) is 0 Å². The minimum Gasteiger partial charge on any atom is -0.462 e. The van der Waals surface area contributed by atoms with Gasteiger partial charge in [0.25, 0.3) is 0 Å². The number of esters is 1. The third-order valence-corrected chi connectivity index (χ3v) is 1.35. The van der Waals surface area contributed by atoms with Crippen LogP contribution in [0.15, 0.2) is 0 Å². The molecule has 3 nitrogen and oxygen atoms in total. The van der Waals surface area contributed by atoms with Crippen LogP contribution in [0.4, 0.5) is 0 Å². The van der Waals surface area contributed by atoms with Gasteiger partial charge in [-0.1, -0.05) is 0 Å². The molecule has 0 rings (SSSR count).